The molecule has 0 aliphatic heterocycles. The van der Waals surface area contributed by atoms with Gasteiger partial charge in [0, 0.05) is 26.4 Å². The van der Waals surface area contributed by atoms with Crippen molar-refractivity contribution < 1.29 is 14.3 Å². The summed E-state index contributed by atoms with van der Waals surface area (Å²) in [5, 5.41) is 6.03. The maximum Gasteiger partial charge on any atom is 0.341 e. The lowest BCUT2D eigenvalue weighted by Crippen LogP contribution is -2.15. The Morgan fingerprint density at radius 1 is 0.846 bits per heavy atom. The highest BCUT2D eigenvalue weighted by Crippen LogP contribution is 2.38. The highest BCUT2D eigenvalue weighted by Gasteiger charge is 2.24. The summed E-state index contributed by atoms with van der Waals surface area (Å²) < 4.78 is 5.96. The van der Waals surface area contributed by atoms with E-state index in [1.54, 1.807) is 0 Å². The summed E-state index contributed by atoms with van der Waals surface area (Å²) in [4.78, 5) is 31.6. The van der Waals surface area contributed by atoms with Crippen LogP contribution in [-0.4, -0.2) is 24.0 Å². The molecule has 0 aliphatic carbocycles. The molecule has 3 aromatic carbocycles. The molecule has 0 saturated heterocycles. The first-order valence-corrected chi connectivity index (χ1v) is 14.1. The molecule has 5 rings (SSSR count). The van der Waals surface area contributed by atoms with E-state index in [2.05, 4.69) is 47.2 Å². The molecular weight excluding hydrogens is 572 g/mol. The summed E-state index contributed by atoms with van der Waals surface area (Å²) in [6.45, 7) is 8.20. The number of anilines is 1. The van der Waals surface area contributed by atoms with Crippen molar-refractivity contribution >= 4 is 55.0 Å². The lowest BCUT2D eigenvalue weighted by atomic mass is 9.99. The summed E-state index contributed by atoms with van der Waals surface area (Å²) in [7, 11) is 1.35. The number of pyridine rings is 1. The molecule has 5 nitrogen and oxygen atoms in total. The van der Waals surface area contributed by atoms with E-state index in [-0.39, 0.29) is 5.91 Å². The van der Waals surface area contributed by atoms with Gasteiger partial charge in [-0.25, -0.2) is 9.78 Å². The average molecular weight is 600 g/mol. The molecule has 0 saturated carbocycles. The number of aromatic nitrogens is 1. The minimum absolute atomic E-state index is 0.329. The number of carbonyl (C=O) groups excluding carboxylic acids is 2. The Labute approximate surface area is 240 Å². The molecule has 0 aliphatic rings. The van der Waals surface area contributed by atoms with Crippen LogP contribution in [0, 0.1) is 27.7 Å². The summed E-state index contributed by atoms with van der Waals surface area (Å²) in [5.41, 5.74) is 9.38. The molecule has 1 amide bonds. The molecule has 0 bridgehead atoms. The van der Waals surface area contributed by atoms with Crippen LogP contribution in [-0.2, 0) is 4.74 Å². The van der Waals surface area contributed by atoms with Crippen LogP contribution in [0.25, 0.3) is 33.3 Å². The number of carbonyl (C=O) groups is 2. The van der Waals surface area contributed by atoms with Crippen molar-refractivity contribution in [3.8, 4) is 22.4 Å². The number of ether oxygens (including phenoxy) is 1. The van der Waals surface area contributed by atoms with Crippen LogP contribution >= 0.6 is 27.3 Å². The van der Waals surface area contributed by atoms with E-state index in [1.807, 2.05) is 67.8 Å². The number of rotatable bonds is 5. The first-order valence-electron chi connectivity index (χ1n) is 12.4. The average Bonchev–Trinajstić information content (AvgIpc) is 3.34. The lowest BCUT2D eigenvalue weighted by Gasteiger charge is -2.12. The Kier molecular flexibility index (Phi) is 7.38. The Hall–Kier alpha value is -3.81. The van der Waals surface area contributed by atoms with Gasteiger partial charge in [-0.2, -0.15) is 0 Å². The highest BCUT2D eigenvalue weighted by atomic mass is 79.9. The van der Waals surface area contributed by atoms with Crippen molar-refractivity contribution in [3.05, 3.63) is 104 Å². The van der Waals surface area contributed by atoms with Gasteiger partial charge >= 0.3 is 5.97 Å². The molecule has 39 heavy (non-hydrogen) atoms. The van der Waals surface area contributed by atoms with Crippen molar-refractivity contribution in [2.75, 3.05) is 12.4 Å². The van der Waals surface area contributed by atoms with Gasteiger partial charge in [-0.15, -0.1) is 11.3 Å². The van der Waals surface area contributed by atoms with Crippen molar-refractivity contribution in [1.29, 1.82) is 0 Å². The van der Waals surface area contributed by atoms with Gasteiger partial charge in [-0.3, -0.25) is 4.79 Å². The van der Waals surface area contributed by atoms with Gasteiger partial charge in [-0.1, -0.05) is 46.3 Å². The Balaban J connectivity index is 1.61. The number of nitrogens with one attached hydrogen (secondary N) is 1. The molecule has 0 atom stereocenters. The van der Waals surface area contributed by atoms with Crippen molar-refractivity contribution in [2.45, 2.75) is 27.7 Å². The maximum absolute atomic E-state index is 13.9. The third kappa shape index (κ3) is 5.24. The minimum Gasteiger partial charge on any atom is -0.465 e. The fourth-order valence-electron chi connectivity index (χ4n) is 4.48. The predicted octanol–water partition coefficient (Wildman–Crippen LogP) is 8.67. The number of esters is 1. The Bertz CT molecular complexity index is 1770. The van der Waals surface area contributed by atoms with Crippen LogP contribution < -0.4 is 5.32 Å². The zero-order valence-corrected chi connectivity index (χ0v) is 24.7. The number of halogens is 1. The van der Waals surface area contributed by atoms with Crippen LogP contribution in [0.5, 0.6) is 0 Å². The van der Waals surface area contributed by atoms with E-state index >= 15 is 0 Å². The molecule has 1 N–H and O–H groups in total. The van der Waals surface area contributed by atoms with Crippen LogP contribution in [0.3, 0.4) is 0 Å². The van der Waals surface area contributed by atoms with Gasteiger partial charge in [0.15, 0.2) is 0 Å². The van der Waals surface area contributed by atoms with Crippen LogP contribution in [0.1, 0.15) is 43.0 Å². The van der Waals surface area contributed by atoms with E-state index < -0.39 is 5.97 Å². The number of methoxy groups -OCH3 is 1. The number of thiophene rings is 1. The number of nitrogens with zero attached hydrogens (tertiary/aromatic N) is 1. The smallest absolute Gasteiger partial charge is 0.341 e. The second-order valence-electron chi connectivity index (χ2n) is 9.61. The molecular formula is C32H27BrN2O3S. The predicted molar refractivity (Wildman–Crippen MR) is 163 cm³/mol. The second-order valence-corrected chi connectivity index (χ2v) is 11.4. The molecule has 0 unspecified atom stereocenters. The van der Waals surface area contributed by atoms with E-state index in [0.717, 1.165) is 37.9 Å². The third-order valence-electron chi connectivity index (χ3n) is 7.04. The Morgan fingerprint density at radius 3 is 2.18 bits per heavy atom. The number of amides is 1. The fourth-order valence-corrected chi connectivity index (χ4v) is 5.79. The number of benzene rings is 3. The molecule has 5 aromatic rings. The fraction of sp³-hybridized carbons (Fsp3) is 0.156. The van der Waals surface area contributed by atoms with Gasteiger partial charge in [-0.05, 0) is 85.8 Å². The van der Waals surface area contributed by atoms with Crippen molar-refractivity contribution in [2.24, 2.45) is 0 Å². The van der Waals surface area contributed by atoms with Crippen LogP contribution in [0.15, 0.2) is 70.5 Å². The quantitative estimate of drug-likeness (QED) is 0.205. The summed E-state index contributed by atoms with van der Waals surface area (Å²) in [5.74, 6) is -0.831. The lowest BCUT2D eigenvalue weighted by molar-refractivity contribution is 0.0603. The third-order valence-corrected chi connectivity index (χ3v) is 8.43. The summed E-state index contributed by atoms with van der Waals surface area (Å²) in [6, 6.07) is 19.7. The van der Waals surface area contributed by atoms with Gasteiger partial charge in [0.25, 0.3) is 5.91 Å². The molecule has 0 fully saturated rings. The molecule has 2 heterocycles. The van der Waals surface area contributed by atoms with Crippen LogP contribution in [0.4, 0.5) is 5.00 Å². The number of aryl methyl sites for hydroxylation is 4. The molecule has 196 valence electrons. The van der Waals surface area contributed by atoms with E-state index in [1.165, 1.54) is 24.0 Å². The maximum atomic E-state index is 13.9. The topological polar surface area (TPSA) is 68.3 Å². The first kappa shape index (κ1) is 26.8. The van der Waals surface area contributed by atoms with Gasteiger partial charge in [0.1, 0.15) is 10.6 Å². The van der Waals surface area contributed by atoms with Crippen LogP contribution in [0.2, 0.25) is 0 Å². The number of fused-ring (bicyclic) bond motifs is 1. The van der Waals surface area contributed by atoms with Crippen molar-refractivity contribution in [1.82, 2.24) is 4.98 Å². The minimum atomic E-state index is -0.502. The normalized spacial score (nSPS) is 11.0. The standard InChI is InChI=1S/C32H27BrN2O3S/c1-17-6-8-21(12-19(17)3)26-16-39-31(29(26)32(37)38-5)35-30(36)25-15-28(22-9-7-18(2)20(4)13-22)34-27-11-10-23(33)14-24(25)27/h6-16H,1-5H3,(H,35,36). The molecule has 7 heteroatoms. The summed E-state index contributed by atoms with van der Waals surface area (Å²) in [6.07, 6.45) is 0. The molecule has 0 spiro atoms. The number of hydrogen-bond donors (Lipinski definition) is 1. The van der Waals surface area contributed by atoms with E-state index in [9.17, 15) is 9.59 Å². The monoisotopic (exact) mass is 598 g/mol. The second kappa shape index (κ2) is 10.8. The summed E-state index contributed by atoms with van der Waals surface area (Å²) >= 11 is 4.83. The zero-order chi connectivity index (χ0) is 27.8. The largest absolute Gasteiger partial charge is 0.465 e. The molecule has 2 aromatic heterocycles. The first-order chi connectivity index (χ1) is 18.7. The van der Waals surface area contributed by atoms with Gasteiger partial charge in [0.2, 0.25) is 0 Å². The van der Waals surface area contributed by atoms with Crippen molar-refractivity contribution in [3.63, 3.8) is 0 Å². The van der Waals surface area contributed by atoms with Gasteiger partial charge in [0.05, 0.1) is 23.9 Å². The Morgan fingerprint density at radius 2 is 1.51 bits per heavy atom. The van der Waals surface area contributed by atoms with E-state index in [4.69, 9.17) is 9.72 Å². The van der Waals surface area contributed by atoms with E-state index in [0.29, 0.717) is 32.7 Å². The highest BCUT2D eigenvalue weighted by molar-refractivity contribution is 9.10. The SMILES string of the molecule is COC(=O)c1c(-c2ccc(C)c(C)c2)csc1NC(=O)c1cc(-c2ccc(C)c(C)c2)nc2ccc(Br)cc12. The van der Waals surface area contributed by atoms with Gasteiger partial charge < -0.3 is 10.1 Å². The molecule has 0 radical (unpaired) electrons. The zero-order valence-electron chi connectivity index (χ0n) is 22.3. The number of hydrogen-bond acceptors (Lipinski definition) is 5.